The van der Waals surface area contributed by atoms with Crippen LogP contribution in [0.4, 0.5) is 0 Å². The van der Waals surface area contributed by atoms with Gasteiger partial charge in [-0.15, -0.1) is 0 Å². The number of thioether (sulfide) groups is 1. The second-order valence-electron chi connectivity index (χ2n) is 3.33. The zero-order chi connectivity index (χ0) is 8.97. The molecular formula is C9H15NOS. The molecule has 0 aromatic carbocycles. The lowest BCUT2D eigenvalue weighted by atomic mass is 10.1. The van der Waals surface area contributed by atoms with Crippen LogP contribution in [0.5, 0.6) is 0 Å². The summed E-state index contributed by atoms with van der Waals surface area (Å²) < 4.78 is 0. The molecule has 3 heteroatoms. The van der Waals surface area contributed by atoms with Crippen molar-refractivity contribution >= 4 is 11.8 Å². The summed E-state index contributed by atoms with van der Waals surface area (Å²) in [6.07, 6.45) is 3.37. The van der Waals surface area contributed by atoms with Crippen LogP contribution in [0.1, 0.15) is 26.2 Å². The molecule has 0 heterocycles. The topological polar surface area (TPSA) is 44.0 Å². The van der Waals surface area contributed by atoms with Gasteiger partial charge in [-0.25, -0.2) is 0 Å². The fourth-order valence-corrected chi connectivity index (χ4v) is 2.95. The molecule has 0 saturated heterocycles. The van der Waals surface area contributed by atoms with Gasteiger partial charge in [-0.05, 0) is 12.8 Å². The fourth-order valence-electron chi connectivity index (χ4n) is 1.58. The smallest absolute Gasteiger partial charge is 0.0667 e. The Hall–Kier alpha value is -0.200. The van der Waals surface area contributed by atoms with Crippen molar-refractivity contribution in [3.8, 4) is 6.07 Å². The first-order valence-corrected chi connectivity index (χ1v) is 5.38. The second kappa shape index (κ2) is 4.74. The van der Waals surface area contributed by atoms with Gasteiger partial charge in [0.05, 0.1) is 18.6 Å². The molecule has 1 saturated carbocycles. The lowest BCUT2D eigenvalue weighted by Gasteiger charge is -2.16. The minimum absolute atomic E-state index is 0.222. The third-order valence-corrected chi connectivity index (χ3v) is 3.81. The molecule has 1 rings (SSSR count). The maximum atomic E-state index is 8.85. The monoisotopic (exact) mass is 185 g/mol. The molecule has 3 atom stereocenters. The highest BCUT2D eigenvalue weighted by Gasteiger charge is 2.28. The van der Waals surface area contributed by atoms with E-state index >= 15 is 0 Å². The lowest BCUT2D eigenvalue weighted by molar-refractivity contribution is 0.299. The van der Waals surface area contributed by atoms with Crippen molar-refractivity contribution in [2.45, 2.75) is 36.7 Å². The quantitative estimate of drug-likeness (QED) is 0.729. The fraction of sp³-hybridized carbons (Fsp3) is 0.889. The van der Waals surface area contributed by atoms with E-state index in [1.165, 1.54) is 6.42 Å². The van der Waals surface area contributed by atoms with Crippen molar-refractivity contribution in [1.29, 1.82) is 5.26 Å². The van der Waals surface area contributed by atoms with Crippen LogP contribution in [0.15, 0.2) is 0 Å². The number of hydrogen-bond acceptors (Lipinski definition) is 3. The molecule has 0 spiro atoms. The van der Waals surface area contributed by atoms with E-state index in [-0.39, 0.29) is 17.8 Å². The predicted molar refractivity (Wildman–Crippen MR) is 50.9 cm³/mol. The number of aliphatic hydroxyl groups excluding tert-OH is 1. The van der Waals surface area contributed by atoms with Crippen molar-refractivity contribution in [1.82, 2.24) is 0 Å². The van der Waals surface area contributed by atoms with Crippen LogP contribution in [0.2, 0.25) is 0 Å². The van der Waals surface area contributed by atoms with Crippen molar-refractivity contribution in [2.24, 2.45) is 5.92 Å². The van der Waals surface area contributed by atoms with Crippen LogP contribution >= 0.6 is 11.8 Å². The molecule has 1 fully saturated rings. The van der Waals surface area contributed by atoms with E-state index in [0.717, 1.165) is 12.8 Å². The van der Waals surface area contributed by atoms with E-state index in [0.29, 0.717) is 5.25 Å². The standard InChI is InChI=1S/C9H15NOS/c1-7(6-11)12-9-4-2-3-8(9)5-10/h7-9,11H,2-4,6H2,1H3. The van der Waals surface area contributed by atoms with Gasteiger partial charge in [0.2, 0.25) is 0 Å². The number of aliphatic hydroxyl groups is 1. The minimum Gasteiger partial charge on any atom is -0.395 e. The first-order chi connectivity index (χ1) is 5.77. The molecule has 1 aliphatic rings. The van der Waals surface area contributed by atoms with Gasteiger partial charge in [0.15, 0.2) is 0 Å². The van der Waals surface area contributed by atoms with E-state index < -0.39 is 0 Å². The van der Waals surface area contributed by atoms with Gasteiger partial charge < -0.3 is 5.11 Å². The van der Waals surface area contributed by atoms with Crippen LogP contribution in [-0.2, 0) is 0 Å². The Balaban J connectivity index is 2.36. The highest BCUT2D eigenvalue weighted by atomic mass is 32.2. The summed E-state index contributed by atoms with van der Waals surface area (Å²) in [6.45, 7) is 2.23. The Morgan fingerprint density at radius 1 is 1.67 bits per heavy atom. The SMILES string of the molecule is CC(CO)SC1CCCC1C#N. The van der Waals surface area contributed by atoms with E-state index in [1.807, 2.05) is 6.92 Å². The maximum absolute atomic E-state index is 8.85. The largest absolute Gasteiger partial charge is 0.395 e. The molecule has 1 N–H and O–H groups in total. The van der Waals surface area contributed by atoms with Crippen molar-refractivity contribution in [3.63, 3.8) is 0 Å². The van der Waals surface area contributed by atoms with Gasteiger partial charge >= 0.3 is 0 Å². The van der Waals surface area contributed by atoms with Crippen LogP contribution in [0, 0.1) is 17.2 Å². The average molecular weight is 185 g/mol. The lowest BCUT2D eigenvalue weighted by Crippen LogP contribution is -2.14. The number of nitriles is 1. The molecule has 2 nitrogen and oxygen atoms in total. The molecule has 0 radical (unpaired) electrons. The number of hydrogen-bond donors (Lipinski definition) is 1. The summed E-state index contributed by atoms with van der Waals surface area (Å²) in [6, 6.07) is 2.34. The average Bonchev–Trinajstić information content (AvgIpc) is 2.51. The first-order valence-electron chi connectivity index (χ1n) is 4.44. The summed E-state index contributed by atoms with van der Waals surface area (Å²) in [4.78, 5) is 0. The summed E-state index contributed by atoms with van der Waals surface area (Å²) >= 11 is 1.77. The molecule has 0 bridgehead atoms. The van der Waals surface area contributed by atoms with Crippen molar-refractivity contribution in [2.75, 3.05) is 6.61 Å². The minimum atomic E-state index is 0.222. The molecular weight excluding hydrogens is 170 g/mol. The van der Waals surface area contributed by atoms with Crippen molar-refractivity contribution in [3.05, 3.63) is 0 Å². The third kappa shape index (κ3) is 2.40. The Labute approximate surface area is 78.0 Å². The van der Waals surface area contributed by atoms with Crippen LogP contribution < -0.4 is 0 Å². The molecule has 0 amide bonds. The van der Waals surface area contributed by atoms with Crippen LogP contribution in [0.25, 0.3) is 0 Å². The summed E-state index contributed by atoms with van der Waals surface area (Å²) in [7, 11) is 0. The van der Waals surface area contributed by atoms with E-state index in [4.69, 9.17) is 10.4 Å². The Kier molecular flexibility index (Phi) is 3.90. The van der Waals surface area contributed by atoms with E-state index in [9.17, 15) is 0 Å². The van der Waals surface area contributed by atoms with E-state index in [1.54, 1.807) is 11.8 Å². The van der Waals surface area contributed by atoms with Gasteiger partial charge in [-0.1, -0.05) is 13.3 Å². The molecule has 0 aliphatic heterocycles. The molecule has 1 aliphatic carbocycles. The molecule has 0 aromatic rings. The van der Waals surface area contributed by atoms with Crippen molar-refractivity contribution < 1.29 is 5.11 Å². The number of nitrogens with zero attached hydrogens (tertiary/aromatic N) is 1. The molecule has 12 heavy (non-hydrogen) atoms. The molecule has 68 valence electrons. The summed E-state index contributed by atoms with van der Waals surface area (Å²) in [5.41, 5.74) is 0. The first kappa shape index (κ1) is 9.88. The third-order valence-electron chi connectivity index (χ3n) is 2.28. The van der Waals surface area contributed by atoms with Crippen LogP contribution in [-0.4, -0.2) is 22.2 Å². The predicted octanol–water partition coefficient (Wildman–Crippen LogP) is 1.79. The van der Waals surface area contributed by atoms with Gasteiger partial charge in [-0.3, -0.25) is 0 Å². The highest BCUT2D eigenvalue weighted by molar-refractivity contribution is 8.00. The molecule has 3 unspecified atom stereocenters. The zero-order valence-corrected chi connectivity index (χ0v) is 8.18. The normalized spacial score (nSPS) is 31.4. The van der Waals surface area contributed by atoms with Gasteiger partial charge in [0.1, 0.15) is 0 Å². The van der Waals surface area contributed by atoms with Gasteiger partial charge in [0, 0.05) is 10.5 Å². The van der Waals surface area contributed by atoms with E-state index in [2.05, 4.69) is 6.07 Å². The Morgan fingerprint density at radius 2 is 2.42 bits per heavy atom. The Bertz CT molecular complexity index is 178. The zero-order valence-electron chi connectivity index (χ0n) is 7.36. The summed E-state index contributed by atoms with van der Waals surface area (Å²) in [5, 5.41) is 18.4. The maximum Gasteiger partial charge on any atom is 0.0667 e. The van der Waals surface area contributed by atoms with Gasteiger partial charge in [-0.2, -0.15) is 17.0 Å². The number of rotatable bonds is 3. The molecule has 0 aromatic heterocycles. The Morgan fingerprint density at radius 3 is 3.00 bits per heavy atom. The summed E-state index contributed by atoms with van der Waals surface area (Å²) in [5.74, 6) is 0.226. The highest BCUT2D eigenvalue weighted by Crippen LogP contribution is 2.36. The van der Waals surface area contributed by atoms with Crippen LogP contribution in [0.3, 0.4) is 0 Å². The van der Waals surface area contributed by atoms with Gasteiger partial charge in [0.25, 0.3) is 0 Å². The second-order valence-corrected chi connectivity index (χ2v) is 5.02.